The lowest BCUT2D eigenvalue weighted by atomic mass is 9.94. The van der Waals surface area contributed by atoms with E-state index in [4.69, 9.17) is 4.74 Å². The molecular weight excluding hydrogens is 502 g/mol. The molecule has 9 nitrogen and oxygen atoms in total. The first-order chi connectivity index (χ1) is 19.5. The van der Waals surface area contributed by atoms with E-state index in [1.807, 2.05) is 22.9 Å². The van der Waals surface area contributed by atoms with Crippen molar-refractivity contribution in [2.24, 2.45) is 0 Å². The monoisotopic (exact) mass is 541 g/mol. The zero-order chi connectivity index (χ0) is 27.6. The van der Waals surface area contributed by atoms with Gasteiger partial charge in [-0.05, 0) is 66.4 Å². The summed E-state index contributed by atoms with van der Waals surface area (Å²) in [4.78, 5) is 21.7. The summed E-state index contributed by atoms with van der Waals surface area (Å²) in [6.07, 6.45) is 5.78. The van der Waals surface area contributed by atoms with Gasteiger partial charge in [0.05, 0.1) is 13.2 Å². The van der Waals surface area contributed by atoms with Crippen LogP contribution in [0.15, 0.2) is 47.3 Å². The molecule has 3 heterocycles. The number of methoxy groups -OCH3 is 1. The van der Waals surface area contributed by atoms with E-state index in [1.165, 1.54) is 24.8 Å². The van der Waals surface area contributed by atoms with Gasteiger partial charge >= 0.3 is 0 Å². The number of H-pyrrole nitrogens is 1. The molecule has 2 aromatic carbocycles. The van der Waals surface area contributed by atoms with E-state index >= 15 is 0 Å². The molecule has 6 rings (SSSR count). The number of benzene rings is 2. The largest absolute Gasteiger partial charge is 0.496 e. The second-order valence-electron chi connectivity index (χ2n) is 11.4. The fourth-order valence-electron chi connectivity index (χ4n) is 6.61. The summed E-state index contributed by atoms with van der Waals surface area (Å²) in [7, 11) is 1.72. The molecule has 4 aromatic rings. The van der Waals surface area contributed by atoms with Crippen LogP contribution >= 0.6 is 0 Å². The average molecular weight is 542 g/mol. The van der Waals surface area contributed by atoms with Crippen LogP contribution in [0, 0.1) is 13.8 Å². The van der Waals surface area contributed by atoms with Gasteiger partial charge in [0, 0.05) is 54.8 Å². The smallest absolute Gasteiger partial charge is 0.253 e. The summed E-state index contributed by atoms with van der Waals surface area (Å²) in [5.41, 5.74) is 4.99. The van der Waals surface area contributed by atoms with E-state index in [0.717, 1.165) is 79.2 Å². The van der Waals surface area contributed by atoms with Crippen LogP contribution in [0.3, 0.4) is 0 Å². The minimum atomic E-state index is -0.320. The van der Waals surface area contributed by atoms with Gasteiger partial charge in [-0.25, -0.2) is 4.68 Å². The number of fused-ring (bicyclic) bond motifs is 1. The van der Waals surface area contributed by atoms with Crippen molar-refractivity contribution < 1.29 is 4.74 Å². The second-order valence-corrected chi connectivity index (χ2v) is 11.4. The van der Waals surface area contributed by atoms with E-state index in [1.54, 1.807) is 7.11 Å². The molecule has 1 saturated carbocycles. The number of nitrogens with one attached hydrogen (secondary N) is 1. The van der Waals surface area contributed by atoms with Crippen LogP contribution in [-0.4, -0.2) is 68.3 Å². The van der Waals surface area contributed by atoms with Gasteiger partial charge in [0.1, 0.15) is 11.8 Å². The number of rotatable bonds is 7. The van der Waals surface area contributed by atoms with Crippen LogP contribution in [0.2, 0.25) is 0 Å². The first-order valence-corrected chi connectivity index (χ1v) is 14.5. The highest BCUT2D eigenvalue weighted by Crippen LogP contribution is 2.34. The molecule has 1 aliphatic heterocycles. The molecule has 0 amide bonds. The Bertz CT molecular complexity index is 1530. The number of pyridine rings is 1. The number of aromatic amines is 1. The molecule has 1 N–H and O–H groups in total. The highest BCUT2D eigenvalue weighted by atomic mass is 16.5. The number of piperazine rings is 1. The standard InChI is InChI=1S/C31H39N7O2/c1-21-17-22(2)25-19-26(31(39)32-27(25)18-21)29(30-33-34-35-38(30)24-10-5-4-6-11-24)37-15-13-36(14-16-37)20-23-9-7-8-12-28(23)40-3/h7-9,12,17-19,24,29H,4-6,10-11,13-16,20H2,1-3H3,(H,32,39)/t29-/m0/s1. The molecule has 2 aliphatic rings. The normalized spacial score (nSPS) is 18.3. The van der Waals surface area contributed by atoms with Crippen molar-refractivity contribution in [1.82, 2.24) is 35.0 Å². The average Bonchev–Trinajstić information content (AvgIpc) is 3.45. The number of tetrazole rings is 1. The topological polar surface area (TPSA) is 92.2 Å². The van der Waals surface area contributed by atoms with Crippen molar-refractivity contribution in [3.8, 4) is 5.75 Å². The van der Waals surface area contributed by atoms with Gasteiger partial charge in [-0.15, -0.1) is 5.10 Å². The quantitative estimate of drug-likeness (QED) is 0.367. The lowest BCUT2D eigenvalue weighted by Gasteiger charge is -2.39. The summed E-state index contributed by atoms with van der Waals surface area (Å²) in [5.74, 6) is 1.70. The Hall–Kier alpha value is -3.56. The zero-order valence-corrected chi connectivity index (χ0v) is 23.8. The Morgan fingerprint density at radius 2 is 1.80 bits per heavy atom. The number of nitrogens with zero attached hydrogens (tertiary/aromatic N) is 6. The molecule has 1 atom stereocenters. The van der Waals surface area contributed by atoms with Crippen molar-refractivity contribution in [3.05, 3.63) is 80.9 Å². The number of para-hydroxylation sites is 1. The van der Waals surface area contributed by atoms with Crippen LogP contribution in [0.5, 0.6) is 5.75 Å². The Morgan fingerprint density at radius 3 is 2.58 bits per heavy atom. The lowest BCUT2D eigenvalue weighted by Crippen LogP contribution is -2.48. The first-order valence-electron chi connectivity index (χ1n) is 14.5. The van der Waals surface area contributed by atoms with Crippen molar-refractivity contribution >= 4 is 10.9 Å². The Balaban J connectivity index is 1.35. The molecule has 1 saturated heterocycles. The van der Waals surface area contributed by atoms with Crippen LogP contribution < -0.4 is 10.3 Å². The van der Waals surface area contributed by atoms with Crippen LogP contribution in [-0.2, 0) is 6.54 Å². The number of ether oxygens (including phenoxy) is 1. The molecule has 0 unspecified atom stereocenters. The summed E-state index contributed by atoms with van der Waals surface area (Å²) in [6, 6.07) is 14.5. The number of hydrogen-bond donors (Lipinski definition) is 1. The third kappa shape index (κ3) is 5.28. The molecule has 1 aliphatic carbocycles. The van der Waals surface area contributed by atoms with E-state index in [-0.39, 0.29) is 17.6 Å². The summed E-state index contributed by atoms with van der Waals surface area (Å²) >= 11 is 0. The highest BCUT2D eigenvalue weighted by Gasteiger charge is 2.34. The maximum Gasteiger partial charge on any atom is 0.253 e. The lowest BCUT2D eigenvalue weighted by molar-refractivity contribution is 0.0977. The fourth-order valence-corrected chi connectivity index (χ4v) is 6.61. The van der Waals surface area contributed by atoms with Crippen molar-refractivity contribution in [2.75, 3.05) is 33.3 Å². The second kappa shape index (κ2) is 11.5. The molecule has 40 heavy (non-hydrogen) atoms. The summed E-state index contributed by atoms with van der Waals surface area (Å²) < 4.78 is 7.61. The Morgan fingerprint density at radius 1 is 1.02 bits per heavy atom. The third-order valence-corrected chi connectivity index (χ3v) is 8.68. The molecule has 2 fully saturated rings. The molecule has 0 radical (unpaired) electrons. The minimum Gasteiger partial charge on any atom is -0.496 e. The highest BCUT2D eigenvalue weighted by molar-refractivity contribution is 5.83. The molecule has 2 aromatic heterocycles. The van der Waals surface area contributed by atoms with E-state index in [9.17, 15) is 4.79 Å². The Labute approximate surface area is 235 Å². The predicted molar refractivity (Wildman–Crippen MR) is 156 cm³/mol. The van der Waals surface area contributed by atoms with Gasteiger partial charge in [-0.1, -0.05) is 43.5 Å². The number of aryl methyl sites for hydroxylation is 2. The maximum absolute atomic E-state index is 13.7. The number of aromatic nitrogens is 5. The van der Waals surface area contributed by atoms with E-state index in [2.05, 4.69) is 68.4 Å². The van der Waals surface area contributed by atoms with Crippen LogP contribution in [0.1, 0.15) is 72.3 Å². The van der Waals surface area contributed by atoms with Gasteiger partial charge in [-0.2, -0.15) is 0 Å². The van der Waals surface area contributed by atoms with Crippen LogP contribution in [0.25, 0.3) is 10.9 Å². The predicted octanol–water partition coefficient (Wildman–Crippen LogP) is 4.55. The maximum atomic E-state index is 13.7. The van der Waals surface area contributed by atoms with Gasteiger partial charge < -0.3 is 9.72 Å². The molecule has 9 heteroatoms. The van der Waals surface area contributed by atoms with E-state index in [0.29, 0.717) is 5.56 Å². The van der Waals surface area contributed by atoms with Gasteiger partial charge in [0.15, 0.2) is 5.82 Å². The fraction of sp³-hybridized carbons (Fsp3) is 0.484. The van der Waals surface area contributed by atoms with E-state index < -0.39 is 0 Å². The minimum absolute atomic E-state index is 0.0721. The molecule has 210 valence electrons. The van der Waals surface area contributed by atoms with Crippen molar-refractivity contribution in [1.29, 1.82) is 0 Å². The van der Waals surface area contributed by atoms with Crippen molar-refractivity contribution in [2.45, 2.75) is 64.6 Å². The molecule has 0 spiro atoms. The molecule has 0 bridgehead atoms. The van der Waals surface area contributed by atoms with Crippen molar-refractivity contribution in [3.63, 3.8) is 0 Å². The Kier molecular flexibility index (Phi) is 7.67. The number of hydrogen-bond acceptors (Lipinski definition) is 7. The SMILES string of the molecule is COc1ccccc1CN1CCN([C@@H](c2cc3c(C)cc(C)cc3[nH]c2=O)c2nnnn2C2CCCCC2)CC1. The summed E-state index contributed by atoms with van der Waals surface area (Å²) in [5, 5.41) is 14.3. The first kappa shape index (κ1) is 26.7. The van der Waals surface area contributed by atoms with Gasteiger partial charge in [0.25, 0.3) is 5.56 Å². The van der Waals surface area contributed by atoms with Crippen LogP contribution in [0.4, 0.5) is 0 Å². The summed E-state index contributed by atoms with van der Waals surface area (Å²) in [6.45, 7) is 8.37. The van der Waals surface area contributed by atoms with Gasteiger partial charge in [-0.3, -0.25) is 14.6 Å². The molecular formula is C31H39N7O2. The zero-order valence-electron chi connectivity index (χ0n) is 23.8. The van der Waals surface area contributed by atoms with Gasteiger partial charge in [0.2, 0.25) is 0 Å². The third-order valence-electron chi connectivity index (χ3n) is 8.68.